The molecule has 1 N–H and O–H groups in total. The molecular weight excluding hydrogens is 178 g/mol. The van der Waals surface area contributed by atoms with Gasteiger partial charge in [0.05, 0.1) is 5.39 Å². The molecule has 0 aliphatic rings. The Morgan fingerprint density at radius 1 is 1.21 bits per heavy atom. The number of hydrogen-bond donors (Lipinski definition) is 1. The van der Waals surface area contributed by atoms with Crippen molar-refractivity contribution >= 4 is 10.9 Å². The van der Waals surface area contributed by atoms with Gasteiger partial charge in [-0.05, 0) is 18.6 Å². The van der Waals surface area contributed by atoms with Crippen LogP contribution in [0.1, 0.15) is 11.3 Å². The number of aromatic hydroxyl groups is 1. The van der Waals surface area contributed by atoms with Crippen LogP contribution >= 0.6 is 0 Å². The molecular formula is C11H11NO2. The molecule has 0 atom stereocenters. The number of nitrogens with zero attached hydrogens (tertiary/aromatic N) is 1. The van der Waals surface area contributed by atoms with Crippen molar-refractivity contribution in [2.45, 2.75) is 13.8 Å². The molecule has 0 aliphatic carbocycles. The highest BCUT2D eigenvalue weighted by molar-refractivity contribution is 5.83. The van der Waals surface area contributed by atoms with Gasteiger partial charge in [-0.15, -0.1) is 0 Å². The SMILES string of the molecule is Cc1ccc2c(c1)c(O)cc(C)[n+]2[O-]. The summed E-state index contributed by atoms with van der Waals surface area (Å²) in [6, 6.07) is 6.87. The number of fused-ring (bicyclic) bond motifs is 1. The molecule has 3 heteroatoms. The zero-order valence-electron chi connectivity index (χ0n) is 8.11. The maximum absolute atomic E-state index is 11.6. The predicted molar refractivity (Wildman–Crippen MR) is 54.0 cm³/mol. The third kappa shape index (κ3) is 1.18. The highest BCUT2D eigenvalue weighted by Crippen LogP contribution is 2.23. The van der Waals surface area contributed by atoms with Gasteiger partial charge in [0.25, 0.3) is 0 Å². The minimum atomic E-state index is 0.160. The van der Waals surface area contributed by atoms with E-state index in [4.69, 9.17) is 0 Å². The molecule has 0 saturated heterocycles. The molecule has 14 heavy (non-hydrogen) atoms. The van der Waals surface area contributed by atoms with Crippen molar-refractivity contribution in [1.29, 1.82) is 0 Å². The van der Waals surface area contributed by atoms with Gasteiger partial charge >= 0.3 is 0 Å². The number of rotatable bonds is 0. The van der Waals surface area contributed by atoms with Crippen molar-refractivity contribution in [2.75, 3.05) is 0 Å². The van der Waals surface area contributed by atoms with E-state index in [1.807, 2.05) is 13.0 Å². The Morgan fingerprint density at radius 2 is 1.93 bits per heavy atom. The maximum Gasteiger partial charge on any atom is 0.227 e. The molecule has 0 aliphatic heterocycles. The van der Waals surface area contributed by atoms with Gasteiger partial charge in [-0.25, -0.2) is 0 Å². The second-order valence-electron chi connectivity index (χ2n) is 3.49. The van der Waals surface area contributed by atoms with Gasteiger partial charge in [0.1, 0.15) is 5.75 Å². The highest BCUT2D eigenvalue weighted by atomic mass is 16.5. The smallest absolute Gasteiger partial charge is 0.227 e. The Morgan fingerprint density at radius 3 is 2.64 bits per heavy atom. The molecule has 0 fully saturated rings. The van der Waals surface area contributed by atoms with Crippen molar-refractivity contribution in [3.63, 3.8) is 0 Å². The Balaban J connectivity index is 2.94. The van der Waals surface area contributed by atoms with Crippen LogP contribution in [0.25, 0.3) is 10.9 Å². The Bertz CT molecular complexity index is 506. The molecule has 1 aromatic carbocycles. The maximum atomic E-state index is 11.6. The van der Waals surface area contributed by atoms with Crippen LogP contribution in [0.4, 0.5) is 0 Å². The van der Waals surface area contributed by atoms with Crippen LogP contribution in [0.3, 0.4) is 0 Å². The topological polar surface area (TPSA) is 47.2 Å². The standard InChI is InChI=1S/C11H11NO2/c1-7-3-4-10-9(5-7)11(13)6-8(2)12(10)14/h3-6,13H,1-2H3. The number of aryl methyl sites for hydroxylation is 2. The van der Waals surface area contributed by atoms with E-state index in [2.05, 4.69) is 0 Å². The van der Waals surface area contributed by atoms with Crippen molar-refractivity contribution in [1.82, 2.24) is 0 Å². The molecule has 0 bridgehead atoms. The van der Waals surface area contributed by atoms with E-state index >= 15 is 0 Å². The molecule has 0 spiro atoms. The zero-order chi connectivity index (χ0) is 10.3. The van der Waals surface area contributed by atoms with Crippen LogP contribution in [-0.2, 0) is 0 Å². The Labute approximate surface area is 81.8 Å². The summed E-state index contributed by atoms with van der Waals surface area (Å²) >= 11 is 0. The van der Waals surface area contributed by atoms with Gasteiger partial charge in [-0.3, -0.25) is 0 Å². The van der Waals surface area contributed by atoms with E-state index in [9.17, 15) is 10.3 Å². The molecule has 0 amide bonds. The monoisotopic (exact) mass is 189 g/mol. The van der Waals surface area contributed by atoms with Crippen LogP contribution in [0, 0.1) is 19.1 Å². The second kappa shape index (κ2) is 2.87. The lowest BCUT2D eigenvalue weighted by atomic mass is 10.1. The Kier molecular flexibility index (Phi) is 1.81. The largest absolute Gasteiger partial charge is 0.618 e. The molecule has 0 saturated carbocycles. The molecule has 72 valence electrons. The van der Waals surface area contributed by atoms with Gasteiger partial charge in [-0.2, -0.15) is 4.73 Å². The fourth-order valence-electron chi connectivity index (χ4n) is 1.56. The fourth-order valence-corrected chi connectivity index (χ4v) is 1.56. The van der Waals surface area contributed by atoms with E-state index in [-0.39, 0.29) is 5.75 Å². The molecule has 0 radical (unpaired) electrons. The van der Waals surface area contributed by atoms with Gasteiger partial charge in [0.2, 0.25) is 5.52 Å². The summed E-state index contributed by atoms with van der Waals surface area (Å²) in [5.41, 5.74) is 2.03. The Hall–Kier alpha value is -1.77. The first-order valence-corrected chi connectivity index (χ1v) is 4.42. The first-order valence-electron chi connectivity index (χ1n) is 4.42. The summed E-state index contributed by atoms with van der Waals surface area (Å²) in [4.78, 5) is 0. The van der Waals surface area contributed by atoms with Crippen LogP contribution in [0.15, 0.2) is 24.3 Å². The average molecular weight is 189 g/mol. The second-order valence-corrected chi connectivity index (χ2v) is 3.49. The van der Waals surface area contributed by atoms with Crippen LogP contribution in [0.5, 0.6) is 5.75 Å². The lowest BCUT2D eigenvalue weighted by molar-refractivity contribution is -0.584. The van der Waals surface area contributed by atoms with Gasteiger partial charge < -0.3 is 10.3 Å². The molecule has 3 nitrogen and oxygen atoms in total. The van der Waals surface area contributed by atoms with E-state index in [1.54, 1.807) is 19.1 Å². The number of hydrogen-bond acceptors (Lipinski definition) is 2. The van der Waals surface area contributed by atoms with E-state index in [0.717, 1.165) is 10.3 Å². The number of pyridine rings is 1. The van der Waals surface area contributed by atoms with Crippen LogP contribution in [0.2, 0.25) is 0 Å². The third-order valence-corrected chi connectivity index (χ3v) is 2.31. The van der Waals surface area contributed by atoms with E-state index in [1.165, 1.54) is 6.07 Å². The third-order valence-electron chi connectivity index (χ3n) is 2.31. The van der Waals surface area contributed by atoms with E-state index < -0.39 is 0 Å². The van der Waals surface area contributed by atoms with Crippen LogP contribution in [-0.4, -0.2) is 5.11 Å². The van der Waals surface area contributed by atoms with Crippen molar-refractivity contribution < 1.29 is 9.84 Å². The molecule has 2 rings (SSSR count). The summed E-state index contributed by atoms with van der Waals surface area (Å²) in [6.07, 6.45) is 0. The van der Waals surface area contributed by atoms with Gasteiger partial charge in [0.15, 0.2) is 5.69 Å². The minimum Gasteiger partial charge on any atom is -0.618 e. The van der Waals surface area contributed by atoms with Crippen molar-refractivity contribution in [3.8, 4) is 5.75 Å². The van der Waals surface area contributed by atoms with E-state index in [0.29, 0.717) is 16.6 Å². The lowest BCUT2D eigenvalue weighted by Gasteiger charge is -2.06. The average Bonchev–Trinajstić information content (AvgIpc) is 2.14. The van der Waals surface area contributed by atoms with Crippen molar-refractivity contribution in [3.05, 3.63) is 40.7 Å². The molecule has 1 aromatic heterocycles. The quantitative estimate of drug-likeness (QED) is 0.507. The summed E-state index contributed by atoms with van der Waals surface area (Å²) < 4.78 is 0.828. The summed E-state index contributed by atoms with van der Waals surface area (Å²) in [5.74, 6) is 0.160. The normalized spacial score (nSPS) is 10.7. The lowest BCUT2D eigenvalue weighted by Crippen LogP contribution is -2.30. The summed E-state index contributed by atoms with van der Waals surface area (Å²) in [7, 11) is 0. The highest BCUT2D eigenvalue weighted by Gasteiger charge is 2.11. The summed E-state index contributed by atoms with van der Waals surface area (Å²) in [5, 5.41) is 21.8. The molecule has 0 unspecified atom stereocenters. The van der Waals surface area contributed by atoms with Crippen LogP contribution < -0.4 is 4.73 Å². The molecule has 1 heterocycles. The first-order chi connectivity index (χ1) is 6.59. The first kappa shape index (κ1) is 8.81. The van der Waals surface area contributed by atoms with Gasteiger partial charge in [-0.1, -0.05) is 6.07 Å². The molecule has 2 aromatic rings. The van der Waals surface area contributed by atoms with Crippen molar-refractivity contribution in [2.24, 2.45) is 0 Å². The van der Waals surface area contributed by atoms with Gasteiger partial charge in [0, 0.05) is 19.1 Å². The number of benzene rings is 1. The number of aromatic nitrogens is 1. The summed E-state index contributed by atoms with van der Waals surface area (Å²) in [6.45, 7) is 3.60. The zero-order valence-corrected chi connectivity index (χ0v) is 8.11. The minimum absolute atomic E-state index is 0.160. The fraction of sp³-hybridized carbons (Fsp3) is 0.182. The predicted octanol–water partition coefficient (Wildman–Crippen LogP) is 1.80.